The van der Waals surface area contributed by atoms with E-state index >= 15 is 0 Å². The molecule has 2 aliphatic carbocycles. The lowest BCUT2D eigenvalue weighted by molar-refractivity contribution is -0.150. The van der Waals surface area contributed by atoms with Gasteiger partial charge in [0, 0.05) is 31.0 Å². The van der Waals surface area contributed by atoms with Crippen LogP contribution in [0.15, 0.2) is 48.5 Å². The van der Waals surface area contributed by atoms with Gasteiger partial charge in [-0.3, -0.25) is 9.59 Å². The number of carboxylic acids is 1. The summed E-state index contributed by atoms with van der Waals surface area (Å²) in [6.07, 6.45) is 1.21. The Balaban J connectivity index is 1.27. The molecule has 0 heterocycles. The molecule has 2 aromatic carbocycles. The molecular formula is C27H32N2O5. The lowest BCUT2D eigenvalue weighted by Crippen LogP contribution is -2.49. The average molecular weight is 465 g/mol. The van der Waals surface area contributed by atoms with E-state index in [-0.39, 0.29) is 36.8 Å². The largest absolute Gasteiger partial charge is 0.481 e. The van der Waals surface area contributed by atoms with E-state index in [9.17, 15) is 14.4 Å². The number of hydrogen-bond donors (Lipinski definition) is 2. The number of ether oxygens (including phenoxy) is 1. The zero-order valence-corrected chi connectivity index (χ0v) is 19.9. The summed E-state index contributed by atoms with van der Waals surface area (Å²) >= 11 is 0. The summed E-state index contributed by atoms with van der Waals surface area (Å²) in [5.41, 5.74) is 4.05. The predicted molar refractivity (Wildman–Crippen MR) is 128 cm³/mol. The molecule has 0 atom stereocenters. The molecule has 34 heavy (non-hydrogen) atoms. The zero-order valence-electron chi connectivity index (χ0n) is 19.9. The normalized spacial score (nSPS) is 18.9. The van der Waals surface area contributed by atoms with Crippen LogP contribution in [0.3, 0.4) is 0 Å². The molecule has 0 saturated heterocycles. The van der Waals surface area contributed by atoms with Gasteiger partial charge in [-0.15, -0.1) is 0 Å². The van der Waals surface area contributed by atoms with E-state index in [2.05, 4.69) is 29.6 Å². The van der Waals surface area contributed by atoms with Gasteiger partial charge in [-0.2, -0.15) is 0 Å². The van der Waals surface area contributed by atoms with Crippen LogP contribution < -0.4 is 5.32 Å². The van der Waals surface area contributed by atoms with Gasteiger partial charge in [-0.1, -0.05) is 48.5 Å². The Hall–Kier alpha value is -3.35. The fraction of sp³-hybridized carbons (Fsp3) is 0.444. The summed E-state index contributed by atoms with van der Waals surface area (Å²) in [7, 11) is 1.72. The highest BCUT2D eigenvalue weighted by Crippen LogP contribution is 2.44. The summed E-state index contributed by atoms with van der Waals surface area (Å²) in [5, 5.41) is 11.9. The van der Waals surface area contributed by atoms with Crippen molar-refractivity contribution in [3.63, 3.8) is 0 Å². The molecule has 1 fully saturated rings. The number of carbonyl (C=O) groups is 3. The number of hydrogen-bond acceptors (Lipinski definition) is 4. The average Bonchev–Trinajstić information content (AvgIpc) is 3.08. The first-order chi connectivity index (χ1) is 16.2. The molecular weight excluding hydrogens is 432 g/mol. The number of nitrogens with one attached hydrogen (secondary N) is 1. The SMILES string of the molecule is CN(C(=O)CCC(C)(C)NC(=O)OCC1c2ccccc2-c2ccccc21)C1CC(C(=O)O)C1. The van der Waals surface area contributed by atoms with Crippen LogP contribution in [0.4, 0.5) is 4.79 Å². The van der Waals surface area contributed by atoms with Crippen LogP contribution in [0, 0.1) is 5.92 Å². The molecule has 0 spiro atoms. The molecule has 4 rings (SSSR count). The molecule has 2 aliphatic rings. The van der Waals surface area contributed by atoms with Gasteiger partial charge >= 0.3 is 12.1 Å². The molecule has 7 heteroatoms. The minimum absolute atomic E-state index is 0.00593. The molecule has 2 aromatic rings. The summed E-state index contributed by atoms with van der Waals surface area (Å²) in [6, 6.07) is 16.4. The Morgan fingerprint density at radius 3 is 2.15 bits per heavy atom. The van der Waals surface area contributed by atoms with Crippen LogP contribution in [0.25, 0.3) is 11.1 Å². The van der Waals surface area contributed by atoms with E-state index in [0.717, 1.165) is 11.1 Å². The number of carbonyl (C=O) groups excluding carboxylic acids is 2. The second kappa shape index (κ2) is 9.49. The number of alkyl carbamates (subject to hydrolysis) is 1. The summed E-state index contributed by atoms with van der Waals surface area (Å²) in [5.74, 6) is -1.21. The van der Waals surface area contributed by atoms with Gasteiger partial charge < -0.3 is 20.1 Å². The first-order valence-corrected chi connectivity index (χ1v) is 11.8. The second-order valence-corrected chi connectivity index (χ2v) is 10.00. The van der Waals surface area contributed by atoms with Crippen LogP contribution in [0.5, 0.6) is 0 Å². The van der Waals surface area contributed by atoms with Crippen molar-refractivity contribution in [2.45, 2.75) is 57.0 Å². The van der Waals surface area contributed by atoms with Crippen LogP contribution in [0.1, 0.15) is 56.6 Å². The maximum absolute atomic E-state index is 12.6. The number of fused-ring (bicyclic) bond motifs is 3. The van der Waals surface area contributed by atoms with E-state index in [1.807, 2.05) is 38.1 Å². The molecule has 2 N–H and O–H groups in total. The van der Waals surface area contributed by atoms with Crippen molar-refractivity contribution in [3.8, 4) is 11.1 Å². The highest BCUT2D eigenvalue weighted by Gasteiger charge is 2.38. The third-order valence-electron chi connectivity index (χ3n) is 7.15. The van der Waals surface area contributed by atoms with Gasteiger partial charge in [0.15, 0.2) is 0 Å². The van der Waals surface area contributed by atoms with Crippen molar-refractivity contribution in [3.05, 3.63) is 59.7 Å². The minimum atomic E-state index is -0.800. The van der Waals surface area contributed by atoms with Crippen molar-refractivity contribution in [2.24, 2.45) is 5.92 Å². The summed E-state index contributed by atoms with van der Waals surface area (Å²) in [6.45, 7) is 3.97. The quantitative estimate of drug-likeness (QED) is 0.604. The molecule has 0 aliphatic heterocycles. The number of aliphatic carboxylic acids is 1. The van der Waals surface area contributed by atoms with E-state index in [1.54, 1.807) is 11.9 Å². The topological polar surface area (TPSA) is 95.9 Å². The van der Waals surface area contributed by atoms with Crippen LogP contribution in [-0.4, -0.2) is 53.2 Å². The first kappa shape index (κ1) is 23.8. The maximum Gasteiger partial charge on any atom is 0.407 e. The fourth-order valence-corrected chi connectivity index (χ4v) is 4.88. The summed E-state index contributed by atoms with van der Waals surface area (Å²) in [4.78, 5) is 37.8. The third kappa shape index (κ3) is 4.93. The first-order valence-electron chi connectivity index (χ1n) is 11.8. The summed E-state index contributed by atoms with van der Waals surface area (Å²) < 4.78 is 5.63. The molecule has 7 nitrogen and oxygen atoms in total. The number of nitrogens with zero attached hydrogens (tertiary/aromatic N) is 1. The number of carboxylic acid groups (broad SMARTS) is 1. The van der Waals surface area contributed by atoms with Gasteiger partial charge in [0.05, 0.1) is 5.92 Å². The van der Waals surface area contributed by atoms with Crippen molar-refractivity contribution in [1.29, 1.82) is 0 Å². The number of rotatable bonds is 8. The van der Waals surface area contributed by atoms with Gasteiger partial charge in [-0.25, -0.2) is 4.79 Å². The monoisotopic (exact) mass is 464 g/mol. The smallest absolute Gasteiger partial charge is 0.407 e. The molecule has 2 amide bonds. The van der Waals surface area contributed by atoms with E-state index in [0.29, 0.717) is 19.3 Å². The highest BCUT2D eigenvalue weighted by atomic mass is 16.5. The van der Waals surface area contributed by atoms with Crippen LogP contribution >= 0.6 is 0 Å². The van der Waals surface area contributed by atoms with Gasteiger partial charge in [-0.05, 0) is 55.4 Å². The van der Waals surface area contributed by atoms with Gasteiger partial charge in [0.1, 0.15) is 6.61 Å². The number of amides is 2. The van der Waals surface area contributed by atoms with Crippen LogP contribution in [-0.2, 0) is 14.3 Å². The lowest BCUT2D eigenvalue weighted by atomic mass is 9.79. The molecule has 0 unspecified atom stereocenters. The molecule has 0 bridgehead atoms. The van der Waals surface area contributed by atoms with Crippen molar-refractivity contribution in [2.75, 3.05) is 13.7 Å². The Morgan fingerprint density at radius 2 is 1.59 bits per heavy atom. The van der Waals surface area contributed by atoms with Crippen LogP contribution in [0.2, 0.25) is 0 Å². The number of benzene rings is 2. The van der Waals surface area contributed by atoms with E-state index < -0.39 is 17.6 Å². The minimum Gasteiger partial charge on any atom is -0.481 e. The maximum atomic E-state index is 12.6. The van der Waals surface area contributed by atoms with E-state index in [1.165, 1.54) is 11.1 Å². The molecule has 180 valence electrons. The van der Waals surface area contributed by atoms with Gasteiger partial charge in [0.25, 0.3) is 0 Å². The molecule has 0 aromatic heterocycles. The predicted octanol–water partition coefficient (Wildman–Crippen LogP) is 4.41. The highest BCUT2D eigenvalue weighted by molar-refractivity contribution is 5.79. The Morgan fingerprint density at radius 1 is 1.03 bits per heavy atom. The third-order valence-corrected chi connectivity index (χ3v) is 7.15. The lowest BCUT2D eigenvalue weighted by Gasteiger charge is -2.39. The van der Waals surface area contributed by atoms with Crippen molar-refractivity contribution >= 4 is 18.0 Å². The fourth-order valence-electron chi connectivity index (χ4n) is 4.88. The zero-order chi connectivity index (χ0) is 24.5. The van der Waals surface area contributed by atoms with Crippen molar-refractivity contribution in [1.82, 2.24) is 10.2 Å². The molecule has 1 saturated carbocycles. The molecule has 0 radical (unpaired) electrons. The standard InChI is InChI=1S/C27H32N2O5/c1-27(2,13-12-24(30)29(3)18-14-17(15-18)25(31)32)28-26(33)34-16-23-21-10-6-4-8-19(21)20-9-5-7-11-22(20)23/h4-11,17-18,23H,12-16H2,1-3H3,(H,28,33)(H,31,32). The van der Waals surface area contributed by atoms with Gasteiger partial charge in [0.2, 0.25) is 5.91 Å². The van der Waals surface area contributed by atoms with E-state index in [4.69, 9.17) is 9.84 Å². The Kier molecular flexibility index (Phi) is 6.64. The Bertz CT molecular complexity index is 1040. The Labute approximate surface area is 200 Å². The van der Waals surface area contributed by atoms with Crippen molar-refractivity contribution < 1.29 is 24.2 Å². The second-order valence-electron chi connectivity index (χ2n) is 10.00.